The fraction of sp³-hybridized carbons (Fsp3) is 0. The average Bonchev–Trinajstić information content (AvgIpc) is 3.61. The van der Waals surface area contributed by atoms with Crippen molar-refractivity contribution in [1.82, 2.24) is 19.5 Å². The Balaban J connectivity index is 1.34. The number of para-hydroxylation sites is 2. The molecule has 4 nitrogen and oxygen atoms in total. The van der Waals surface area contributed by atoms with E-state index in [1.54, 1.807) is 17.5 Å². The van der Waals surface area contributed by atoms with Crippen molar-refractivity contribution in [3.63, 3.8) is 0 Å². The van der Waals surface area contributed by atoms with Crippen LogP contribution in [0.15, 0.2) is 134 Å². The summed E-state index contributed by atoms with van der Waals surface area (Å²) >= 11 is 1.73. The van der Waals surface area contributed by atoms with Gasteiger partial charge in [0.05, 0.1) is 26.9 Å². The van der Waals surface area contributed by atoms with Crippen molar-refractivity contribution in [3.8, 4) is 38.6 Å². The molecule has 188 valence electrons. The quantitative estimate of drug-likeness (QED) is 0.228. The Bertz CT molecular complexity index is 2140. The van der Waals surface area contributed by atoms with E-state index in [1.165, 1.54) is 21.0 Å². The molecular formula is C35H22N4S. The lowest BCUT2D eigenvalue weighted by atomic mass is 10.0. The molecule has 40 heavy (non-hydrogen) atoms. The summed E-state index contributed by atoms with van der Waals surface area (Å²) < 4.78 is 3.56. The second-order valence-corrected chi connectivity index (χ2v) is 10.8. The molecule has 0 N–H and O–H groups in total. The Hall–Kier alpha value is -5.13. The predicted molar refractivity (Wildman–Crippen MR) is 166 cm³/mol. The van der Waals surface area contributed by atoms with E-state index in [2.05, 4.69) is 107 Å². The maximum atomic E-state index is 4.93. The van der Waals surface area contributed by atoms with Crippen molar-refractivity contribution in [2.75, 3.05) is 0 Å². The molecule has 0 spiro atoms. The van der Waals surface area contributed by atoms with Crippen LogP contribution in [0.4, 0.5) is 0 Å². The summed E-state index contributed by atoms with van der Waals surface area (Å²) in [4.78, 5) is 14.1. The van der Waals surface area contributed by atoms with Crippen LogP contribution in [-0.2, 0) is 0 Å². The van der Waals surface area contributed by atoms with Crippen LogP contribution >= 0.6 is 11.3 Å². The van der Waals surface area contributed by atoms with Gasteiger partial charge in [-0.15, -0.1) is 11.3 Å². The van der Waals surface area contributed by atoms with Crippen LogP contribution in [0.2, 0.25) is 0 Å². The number of aromatic nitrogens is 4. The molecule has 4 aromatic heterocycles. The highest BCUT2D eigenvalue weighted by Crippen LogP contribution is 2.38. The molecule has 0 aliphatic carbocycles. The van der Waals surface area contributed by atoms with E-state index in [9.17, 15) is 0 Å². The van der Waals surface area contributed by atoms with Gasteiger partial charge in [-0.1, -0.05) is 66.7 Å². The van der Waals surface area contributed by atoms with Gasteiger partial charge in [0.15, 0.2) is 0 Å². The fourth-order valence-corrected chi connectivity index (χ4v) is 6.52. The van der Waals surface area contributed by atoms with Crippen molar-refractivity contribution in [2.45, 2.75) is 0 Å². The van der Waals surface area contributed by atoms with Gasteiger partial charge in [-0.25, -0.2) is 4.98 Å². The fourth-order valence-electron chi connectivity index (χ4n) is 5.56. The minimum Gasteiger partial charge on any atom is -0.309 e. The van der Waals surface area contributed by atoms with Crippen LogP contribution < -0.4 is 0 Å². The van der Waals surface area contributed by atoms with Crippen LogP contribution in [0.1, 0.15) is 0 Å². The first kappa shape index (κ1) is 22.8. The topological polar surface area (TPSA) is 43.6 Å². The maximum Gasteiger partial charge on any atom is 0.124 e. The highest BCUT2D eigenvalue weighted by atomic mass is 32.1. The van der Waals surface area contributed by atoms with Crippen LogP contribution in [0.5, 0.6) is 0 Å². The first-order valence-electron chi connectivity index (χ1n) is 13.2. The molecule has 4 heterocycles. The first-order chi connectivity index (χ1) is 19.8. The normalized spacial score (nSPS) is 11.5. The van der Waals surface area contributed by atoms with Gasteiger partial charge in [0.1, 0.15) is 5.01 Å². The number of hydrogen-bond donors (Lipinski definition) is 0. The first-order valence-corrected chi connectivity index (χ1v) is 14.0. The molecule has 0 amide bonds. The van der Waals surface area contributed by atoms with E-state index < -0.39 is 0 Å². The van der Waals surface area contributed by atoms with Crippen molar-refractivity contribution >= 4 is 43.4 Å². The zero-order valence-corrected chi connectivity index (χ0v) is 22.2. The molecule has 5 heteroatoms. The van der Waals surface area contributed by atoms with Gasteiger partial charge in [-0.2, -0.15) is 0 Å². The van der Waals surface area contributed by atoms with Gasteiger partial charge in [-0.3, -0.25) is 9.97 Å². The second-order valence-electron chi connectivity index (χ2n) is 9.76. The lowest BCUT2D eigenvalue weighted by Crippen LogP contribution is -1.96. The van der Waals surface area contributed by atoms with Crippen LogP contribution in [0.3, 0.4) is 0 Å². The molecule has 0 radical (unpaired) electrons. The number of thiazole rings is 1. The summed E-state index contributed by atoms with van der Waals surface area (Å²) in [6.07, 6.45) is 5.54. The second kappa shape index (κ2) is 9.26. The standard InChI is InChI=1S/C35H22N4S/c1-3-14-31-28(11-1)29-17-16-24(35-38-30-13-2-4-15-33(30)40-35)21-32(29)39(31)26-10-5-8-23(20-26)34-27(12-7-19-37-34)25-9-6-18-36-22-25/h1-22H. The van der Waals surface area contributed by atoms with E-state index in [-0.39, 0.29) is 0 Å². The van der Waals surface area contributed by atoms with E-state index in [1.807, 2.05) is 30.6 Å². The van der Waals surface area contributed by atoms with Crippen molar-refractivity contribution in [2.24, 2.45) is 0 Å². The number of hydrogen-bond acceptors (Lipinski definition) is 4. The minimum absolute atomic E-state index is 0.938. The zero-order chi connectivity index (χ0) is 26.5. The summed E-state index contributed by atoms with van der Waals surface area (Å²) in [6, 6.07) is 40.4. The SMILES string of the molecule is c1cncc(-c2cccnc2-c2cccc(-n3c4ccccc4c4ccc(-c5nc6ccccc6s5)cc43)c2)c1. The molecule has 8 aromatic rings. The van der Waals surface area contributed by atoms with Crippen molar-refractivity contribution in [3.05, 3.63) is 134 Å². The summed E-state index contributed by atoms with van der Waals surface area (Å²) in [5.74, 6) is 0. The van der Waals surface area contributed by atoms with Gasteiger partial charge in [-0.05, 0) is 48.5 Å². The molecule has 0 saturated heterocycles. The Morgan fingerprint density at radius 3 is 2.38 bits per heavy atom. The van der Waals surface area contributed by atoms with Crippen molar-refractivity contribution < 1.29 is 0 Å². The summed E-state index contributed by atoms with van der Waals surface area (Å²) in [5, 5.41) is 3.48. The van der Waals surface area contributed by atoms with E-state index >= 15 is 0 Å². The Labute approximate surface area is 234 Å². The summed E-state index contributed by atoms with van der Waals surface area (Å²) in [6.45, 7) is 0. The van der Waals surface area contributed by atoms with Crippen molar-refractivity contribution in [1.29, 1.82) is 0 Å². The molecule has 0 saturated carbocycles. The number of benzene rings is 4. The molecule has 0 fully saturated rings. The molecule has 0 unspecified atom stereocenters. The lowest BCUT2D eigenvalue weighted by Gasteiger charge is -2.12. The monoisotopic (exact) mass is 530 g/mol. The zero-order valence-electron chi connectivity index (χ0n) is 21.4. The van der Waals surface area contributed by atoms with Gasteiger partial charge in [0, 0.05) is 57.3 Å². The largest absolute Gasteiger partial charge is 0.309 e. The van der Waals surface area contributed by atoms with E-state index in [0.717, 1.165) is 49.7 Å². The number of nitrogens with zero attached hydrogens (tertiary/aromatic N) is 4. The molecule has 0 aliphatic rings. The smallest absolute Gasteiger partial charge is 0.124 e. The van der Waals surface area contributed by atoms with Crippen LogP contribution in [0.25, 0.3) is 70.7 Å². The van der Waals surface area contributed by atoms with Crippen LogP contribution in [-0.4, -0.2) is 19.5 Å². The lowest BCUT2D eigenvalue weighted by molar-refractivity contribution is 1.18. The Kier molecular flexibility index (Phi) is 5.28. The maximum absolute atomic E-state index is 4.93. The highest BCUT2D eigenvalue weighted by molar-refractivity contribution is 7.21. The minimum atomic E-state index is 0.938. The third kappa shape index (κ3) is 3.71. The van der Waals surface area contributed by atoms with Gasteiger partial charge >= 0.3 is 0 Å². The third-order valence-electron chi connectivity index (χ3n) is 7.37. The van der Waals surface area contributed by atoms with Crippen LogP contribution in [0, 0.1) is 0 Å². The van der Waals surface area contributed by atoms with E-state index in [0.29, 0.717) is 0 Å². The third-order valence-corrected chi connectivity index (χ3v) is 8.46. The molecular weight excluding hydrogens is 508 g/mol. The molecule has 4 aromatic carbocycles. The van der Waals surface area contributed by atoms with Gasteiger partial charge in [0.25, 0.3) is 0 Å². The summed E-state index contributed by atoms with van der Waals surface area (Å²) in [7, 11) is 0. The molecule has 0 atom stereocenters. The molecule has 0 aliphatic heterocycles. The highest BCUT2D eigenvalue weighted by Gasteiger charge is 2.16. The van der Waals surface area contributed by atoms with Gasteiger partial charge in [0.2, 0.25) is 0 Å². The number of pyridine rings is 2. The number of rotatable bonds is 4. The Morgan fingerprint density at radius 2 is 1.45 bits per heavy atom. The van der Waals surface area contributed by atoms with Gasteiger partial charge < -0.3 is 4.57 Å². The molecule has 8 rings (SSSR count). The Morgan fingerprint density at radius 1 is 0.600 bits per heavy atom. The van der Waals surface area contributed by atoms with E-state index in [4.69, 9.17) is 9.97 Å². The number of fused-ring (bicyclic) bond motifs is 4. The predicted octanol–water partition coefficient (Wildman–Crippen LogP) is 9.18. The molecule has 0 bridgehead atoms. The average molecular weight is 531 g/mol. The summed E-state index contributed by atoms with van der Waals surface area (Å²) in [5.41, 5.74) is 9.69.